The summed E-state index contributed by atoms with van der Waals surface area (Å²) >= 11 is 12.5. The molecule has 0 aliphatic carbocycles. The Morgan fingerprint density at radius 2 is 1.73 bits per heavy atom. The van der Waals surface area contributed by atoms with Crippen molar-refractivity contribution in [2.75, 3.05) is 5.32 Å². The zero-order valence-electron chi connectivity index (χ0n) is 14.8. The number of carbonyl (C=O) groups excluding carboxylic acids is 1. The Balaban J connectivity index is 1.79. The van der Waals surface area contributed by atoms with E-state index in [0.29, 0.717) is 28.0 Å². The number of rotatable bonds is 4. The van der Waals surface area contributed by atoms with Gasteiger partial charge < -0.3 is 5.32 Å². The highest BCUT2D eigenvalue weighted by molar-refractivity contribution is 6.35. The minimum absolute atomic E-state index is 0.187. The van der Waals surface area contributed by atoms with Crippen LogP contribution in [0.2, 0.25) is 10.0 Å². The molecule has 1 amide bonds. The molecule has 1 aromatic heterocycles. The van der Waals surface area contributed by atoms with Crippen LogP contribution in [-0.4, -0.2) is 15.7 Å². The highest BCUT2D eigenvalue weighted by Crippen LogP contribution is 2.26. The number of aromatic nitrogens is 2. The second-order valence-electron chi connectivity index (χ2n) is 6.28. The monoisotopic (exact) mass is 387 g/mol. The van der Waals surface area contributed by atoms with Crippen molar-refractivity contribution >= 4 is 34.9 Å². The Labute approximate surface area is 162 Å². The lowest BCUT2D eigenvalue weighted by Crippen LogP contribution is -2.13. The molecule has 6 heteroatoms. The number of anilines is 1. The fourth-order valence-corrected chi connectivity index (χ4v) is 3.15. The van der Waals surface area contributed by atoms with Crippen LogP contribution in [0.3, 0.4) is 0 Å². The Morgan fingerprint density at radius 3 is 2.38 bits per heavy atom. The van der Waals surface area contributed by atoms with Gasteiger partial charge in [-0.1, -0.05) is 35.3 Å². The van der Waals surface area contributed by atoms with Crippen LogP contribution < -0.4 is 5.32 Å². The lowest BCUT2D eigenvalue weighted by molar-refractivity contribution is 0.102. The smallest absolute Gasteiger partial charge is 0.256 e. The van der Waals surface area contributed by atoms with Crippen molar-refractivity contribution in [1.29, 1.82) is 0 Å². The minimum Gasteiger partial charge on any atom is -0.305 e. The van der Waals surface area contributed by atoms with Crippen LogP contribution in [0.4, 0.5) is 5.82 Å². The molecule has 0 unspecified atom stereocenters. The number of nitrogens with zero attached hydrogens (tertiary/aromatic N) is 2. The molecular formula is C20H19Cl2N3O. The third-order valence-electron chi connectivity index (χ3n) is 4.36. The van der Waals surface area contributed by atoms with E-state index >= 15 is 0 Å². The second-order valence-corrected chi connectivity index (χ2v) is 7.10. The average molecular weight is 388 g/mol. The van der Waals surface area contributed by atoms with Gasteiger partial charge in [-0.05, 0) is 56.2 Å². The molecule has 4 nitrogen and oxygen atoms in total. The van der Waals surface area contributed by atoms with Crippen LogP contribution in [0.1, 0.15) is 32.7 Å². The number of amides is 1. The van der Waals surface area contributed by atoms with Gasteiger partial charge in [0, 0.05) is 32.9 Å². The molecular weight excluding hydrogens is 369 g/mol. The van der Waals surface area contributed by atoms with Crippen LogP contribution in [0.5, 0.6) is 0 Å². The second kappa shape index (κ2) is 7.52. The molecule has 0 aliphatic rings. The van der Waals surface area contributed by atoms with Crippen LogP contribution in [0, 0.1) is 20.8 Å². The van der Waals surface area contributed by atoms with E-state index in [1.807, 2.05) is 45.0 Å². The van der Waals surface area contributed by atoms with E-state index in [-0.39, 0.29) is 5.91 Å². The molecule has 3 aromatic rings. The lowest BCUT2D eigenvalue weighted by atomic mass is 10.1. The Bertz CT molecular complexity index is 959. The largest absolute Gasteiger partial charge is 0.305 e. The molecule has 1 N–H and O–H groups in total. The summed E-state index contributed by atoms with van der Waals surface area (Å²) in [4.78, 5) is 12.5. The third-order valence-corrected chi connectivity index (χ3v) is 5.07. The third kappa shape index (κ3) is 3.92. The molecule has 0 atom stereocenters. The number of carbonyl (C=O) groups is 1. The van der Waals surface area contributed by atoms with Crippen LogP contribution >= 0.6 is 23.2 Å². The van der Waals surface area contributed by atoms with E-state index in [1.165, 1.54) is 0 Å². The van der Waals surface area contributed by atoms with Crippen LogP contribution in [0.25, 0.3) is 0 Å². The first-order chi connectivity index (χ1) is 12.3. The maximum atomic E-state index is 12.5. The average Bonchev–Trinajstić information content (AvgIpc) is 2.93. The normalized spacial score (nSPS) is 10.8. The van der Waals surface area contributed by atoms with Gasteiger partial charge in [0.1, 0.15) is 0 Å². The highest BCUT2D eigenvalue weighted by Gasteiger charge is 2.13. The van der Waals surface area contributed by atoms with E-state index in [0.717, 1.165) is 22.4 Å². The lowest BCUT2D eigenvalue weighted by Gasteiger charge is -2.08. The van der Waals surface area contributed by atoms with E-state index in [4.69, 9.17) is 23.2 Å². The first-order valence-electron chi connectivity index (χ1n) is 8.21. The van der Waals surface area contributed by atoms with Gasteiger partial charge in [-0.25, -0.2) is 0 Å². The molecule has 2 aromatic carbocycles. The fraction of sp³-hybridized carbons (Fsp3) is 0.200. The van der Waals surface area contributed by atoms with Gasteiger partial charge in [0.25, 0.3) is 5.91 Å². The summed E-state index contributed by atoms with van der Waals surface area (Å²) < 4.78 is 1.77. The highest BCUT2D eigenvalue weighted by atomic mass is 35.5. The molecule has 0 saturated heterocycles. The maximum Gasteiger partial charge on any atom is 0.256 e. The molecule has 0 bridgehead atoms. The first kappa shape index (κ1) is 18.5. The summed E-state index contributed by atoms with van der Waals surface area (Å²) in [6.07, 6.45) is 0. The van der Waals surface area contributed by atoms with Gasteiger partial charge >= 0.3 is 0 Å². The zero-order chi connectivity index (χ0) is 18.8. The topological polar surface area (TPSA) is 46.9 Å². The summed E-state index contributed by atoms with van der Waals surface area (Å²) in [5.74, 6) is 0.308. The standard InChI is InChI=1S/C20H19Cl2N3O/c1-12-7-8-15(9-13(12)2)20(26)23-19-10-14(3)25(24-19)11-16-17(21)5-4-6-18(16)22/h4-10H,11H2,1-3H3,(H,23,24,26). The summed E-state index contributed by atoms with van der Waals surface area (Å²) in [5.41, 5.74) is 4.53. The summed E-state index contributed by atoms with van der Waals surface area (Å²) in [7, 11) is 0. The van der Waals surface area contributed by atoms with Crippen molar-refractivity contribution in [3.8, 4) is 0 Å². The number of nitrogens with one attached hydrogen (secondary N) is 1. The summed E-state index contributed by atoms with van der Waals surface area (Å²) in [5, 5.41) is 8.49. The number of hydrogen-bond acceptors (Lipinski definition) is 2. The van der Waals surface area contributed by atoms with E-state index in [1.54, 1.807) is 22.9 Å². The van der Waals surface area contributed by atoms with Gasteiger partial charge in [-0.3, -0.25) is 9.48 Å². The predicted octanol–water partition coefficient (Wildman–Crippen LogP) is 5.42. The number of aryl methyl sites for hydroxylation is 3. The molecule has 0 radical (unpaired) electrons. The van der Waals surface area contributed by atoms with Crippen molar-refractivity contribution in [3.05, 3.63) is 80.5 Å². The Hall–Kier alpha value is -2.30. The van der Waals surface area contributed by atoms with Crippen molar-refractivity contribution in [3.63, 3.8) is 0 Å². The molecule has 134 valence electrons. The molecule has 0 saturated carbocycles. The number of hydrogen-bond donors (Lipinski definition) is 1. The van der Waals surface area contributed by atoms with Gasteiger partial charge in [-0.15, -0.1) is 0 Å². The SMILES string of the molecule is Cc1ccc(C(=O)Nc2cc(C)n(Cc3c(Cl)cccc3Cl)n2)cc1C. The predicted molar refractivity (Wildman–Crippen MR) is 106 cm³/mol. The van der Waals surface area contributed by atoms with Gasteiger partial charge in [0.2, 0.25) is 0 Å². The van der Waals surface area contributed by atoms with Crippen molar-refractivity contribution in [2.45, 2.75) is 27.3 Å². The van der Waals surface area contributed by atoms with Gasteiger partial charge in [-0.2, -0.15) is 5.10 Å². The molecule has 0 fully saturated rings. The Morgan fingerprint density at radius 1 is 1.04 bits per heavy atom. The number of halogens is 2. The molecule has 3 rings (SSSR count). The number of benzene rings is 2. The van der Waals surface area contributed by atoms with Gasteiger partial charge in [0.15, 0.2) is 5.82 Å². The van der Waals surface area contributed by atoms with E-state index < -0.39 is 0 Å². The first-order valence-corrected chi connectivity index (χ1v) is 8.96. The molecule has 0 spiro atoms. The maximum absolute atomic E-state index is 12.5. The van der Waals surface area contributed by atoms with Crippen molar-refractivity contribution in [2.24, 2.45) is 0 Å². The summed E-state index contributed by atoms with van der Waals surface area (Å²) in [6, 6.07) is 12.8. The van der Waals surface area contributed by atoms with Crippen molar-refractivity contribution < 1.29 is 4.79 Å². The van der Waals surface area contributed by atoms with Crippen LogP contribution in [-0.2, 0) is 6.54 Å². The molecule has 0 aliphatic heterocycles. The quantitative estimate of drug-likeness (QED) is 0.649. The van der Waals surface area contributed by atoms with Crippen molar-refractivity contribution in [1.82, 2.24) is 9.78 Å². The van der Waals surface area contributed by atoms with E-state index in [9.17, 15) is 4.79 Å². The molecule has 1 heterocycles. The van der Waals surface area contributed by atoms with Crippen LogP contribution in [0.15, 0.2) is 42.5 Å². The fourth-order valence-electron chi connectivity index (χ4n) is 2.64. The summed E-state index contributed by atoms with van der Waals surface area (Å²) in [6.45, 7) is 6.35. The minimum atomic E-state index is -0.187. The Kier molecular flexibility index (Phi) is 5.35. The zero-order valence-corrected chi connectivity index (χ0v) is 16.3. The van der Waals surface area contributed by atoms with Gasteiger partial charge in [0.05, 0.1) is 6.54 Å². The van der Waals surface area contributed by atoms with E-state index in [2.05, 4.69) is 10.4 Å². The molecule has 26 heavy (non-hydrogen) atoms.